The maximum absolute atomic E-state index is 12.0. The summed E-state index contributed by atoms with van der Waals surface area (Å²) in [5, 5.41) is 0. The fourth-order valence-corrected chi connectivity index (χ4v) is 1.66. The summed E-state index contributed by atoms with van der Waals surface area (Å²) in [6.07, 6.45) is 1.67. The first-order valence-electron chi connectivity index (χ1n) is 5.67. The smallest absolute Gasteiger partial charge is 0.387 e. The SMILES string of the molecule is COCCCC(NN)c1ccc(OC(F)F)cc1. The van der Waals surface area contributed by atoms with Crippen molar-refractivity contribution in [2.45, 2.75) is 25.5 Å². The molecule has 0 radical (unpaired) electrons. The van der Waals surface area contributed by atoms with Gasteiger partial charge in [-0.2, -0.15) is 8.78 Å². The third-order valence-corrected chi connectivity index (χ3v) is 2.55. The summed E-state index contributed by atoms with van der Waals surface area (Å²) in [5.74, 6) is 5.60. The number of hydrogen-bond donors (Lipinski definition) is 2. The van der Waals surface area contributed by atoms with E-state index in [1.807, 2.05) is 0 Å². The summed E-state index contributed by atoms with van der Waals surface area (Å²) in [6.45, 7) is -2.15. The molecule has 0 fully saturated rings. The van der Waals surface area contributed by atoms with Crippen LogP contribution in [0.15, 0.2) is 24.3 Å². The molecule has 0 saturated carbocycles. The van der Waals surface area contributed by atoms with Crippen LogP contribution >= 0.6 is 0 Å². The van der Waals surface area contributed by atoms with E-state index in [-0.39, 0.29) is 11.8 Å². The van der Waals surface area contributed by atoms with E-state index in [0.717, 1.165) is 18.4 Å². The lowest BCUT2D eigenvalue weighted by atomic mass is 10.0. The van der Waals surface area contributed by atoms with Crippen molar-refractivity contribution < 1.29 is 18.3 Å². The average Bonchev–Trinajstić information content (AvgIpc) is 2.35. The number of alkyl halides is 2. The van der Waals surface area contributed by atoms with E-state index >= 15 is 0 Å². The van der Waals surface area contributed by atoms with Crippen LogP contribution in [0.4, 0.5) is 8.78 Å². The molecule has 3 N–H and O–H groups in total. The highest BCUT2D eigenvalue weighted by atomic mass is 19.3. The second-order valence-corrected chi connectivity index (χ2v) is 3.80. The molecule has 1 aromatic carbocycles. The highest BCUT2D eigenvalue weighted by Gasteiger charge is 2.10. The maximum atomic E-state index is 12.0. The van der Waals surface area contributed by atoms with Gasteiger partial charge in [0.2, 0.25) is 0 Å². The Kier molecular flexibility index (Phi) is 6.56. The lowest BCUT2D eigenvalue weighted by Gasteiger charge is -2.16. The predicted molar refractivity (Wildman–Crippen MR) is 64.2 cm³/mol. The summed E-state index contributed by atoms with van der Waals surface area (Å²) in [5.41, 5.74) is 3.62. The number of nitrogens with two attached hydrogens (primary N) is 1. The van der Waals surface area contributed by atoms with Gasteiger partial charge in [-0.25, -0.2) is 0 Å². The van der Waals surface area contributed by atoms with Crippen molar-refractivity contribution in [3.63, 3.8) is 0 Å². The normalized spacial score (nSPS) is 12.7. The Morgan fingerprint density at radius 2 is 1.94 bits per heavy atom. The number of rotatable bonds is 8. The summed E-state index contributed by atoms with van der Waals surface area (Å²) < 4.78 is 33.2. The van der Waals surface area contributed by atoms with Crippen LogP contribution in [0.25, 0.3) is 0 Å². The second kappa shape index (κ2) is 7.97. The van der Waals surface area contributed by atoms with Crippen molar-refractivity contribution in [3.8, 4) is 5.75 Å². The molecule has 0 bridgehead atoms. The van der Waals surface area contributed by atoms with E-state index in [0.29, 0.717) is 6.61 Å². The zero-order chi connectivity index (χ0) is 13.4. The van der Waals surface area contributed by atoms with Gasteiger partial charge in [0, 0.05) is 19.8 Å². The first kappa shape index (κ1) is 14.8. The third-order valence-electron chi connectivity index (χ3n) is 2.55. The van der Waals surface area contributed by atoms with Gasteiger partial charge in [0.1, 0.15) is 5.75 Å². The summed E-state index contributed by atoms with van der Waals surface area (Å²) in [6, 6.07) is 6.41. The van der Waals surface area contributed by atoms with Gasteiger partial charge in [0.05, 0.1) is 0 Å². The quantitative estimate of drug-likeness (QED) is 0.427. The van der Waals surface area contributed by atoms with Crippen LogP contribution in [-0.4, -0.2) is 20.3 Å². The molecule has 1 rings (SSSR count). The first-order valence-corrected chi connectivity index (χ1v) is 5.67. The minimum Gasteiger partial charge on any atom is -0.435 e. The van der Waals surface area contributed by atoms with Crippen LogP contribution in [0.2, 0.25) is 0 Å². The minimum atomic E-state index is -2.80. The Bertz CT molecular complexity index is 333. The molecule has 18 heavy (non-hydrogen) atoms. The van der Waals surface area contributed by atoms with Gasteiger partial charge in [0.25, 0.3) is 0 Å². The highest BCUT2D eigenvalue weighted by molar-refractivity contribution is 5.29. The van der Waals surface area contributed by atoms with E-state index in [1.165, 1.54) is 12.1 Å². The standard InChI is InChI=1S/C12H18F2N2O2/c1-17-8-2-3-11(16-15)9-4-6-10(7-5-9)18-12(13)14/h4-7,11-12,16H,2-3,8,15H2,1H3. The molecule has 102 valence electrons. The molecule has 1 unspecified atom stereocenters. The van der Waals surface area contributed by atoms with Crippen molar-refractivity contribution in [2.75, 3.05) is 13.7 Å². The molecule has 0 aliphatic heterocycles. The molecule has 0 aromatic heterocycles. The topological polar surface area (TPSA) is 56.5 Å². The van der Waals surface area contributed by atoms with Crippen LogP contribution in [-0.2, 0) is 4.74 Å². The molecule has 1 atom stereocenters. The molecule has 1 aromatic rings. The maximum Gasteiger partial charge on any atom is 0.387 e. The van der Waals surface area contributed by atoms with Gasteiger partial charge in [-0.15, -0.1) is 0 Å². The van der Waals surface area contributed by atoms with Gasteiger partial charge in [-0.05, 0) is 30.5 Å². The van der Waals surface area contributed by atoms with Crippen LogP contribution < -0.4 is 16.0 Å². The summed E-state index contributed by atoms with van der Waals surface area (Å²) in [4.78, 5) is 0. The monoisotopic (exact) mass is 260 g/mol. The number of methoxy groups -OCH3 is 1. The number of hydrogen-bond acceptors (Lipinski definition) is 4. The Morgan fingerprint density at radius 1 is 1.28 bits per heavy atom. The van der Waals surface area contributed by atoms with E-state index in [2.05, 4.69) is 10.2 Å². The van der Waals surface area contributed by atoms with Crippen molar-refractivity contribution >= 4 is 0 Å². The Balaban J connectivity index is 2.57. The van der Waals surface area contributed by atoms with Gasteiger partial charge >= 0.3 is 6.61 Å². The van der Waals surface area contributed by atoms with Crippen LogP contribution in [0.1, 0.15) is 24.4 Å². The number of ether oxygens (including phenoxy) is 2. The van der Waals surface area contributed by atoms with Crippen molar-refractivity contribution in [3.05, 3.63) is 29.8 Å². The van der Waals surface area contributed by atoms with Crippen molar-refractivity contribution in [1.29, 1.82) is 0 Å². The van der Waals surface area contributed by atoms with Crippen LogP contribution in [0, 0.1) is 0 Å². The van der Waals surface area contributed by atoms with Crippen LogP contribution in [0.5, 0.6) is 5.75 Å². The van der Waals surface area contributed by atoms with Gasteiger partial charge in [-0.3, -0.25) is 11.3 Å². The van der Waals surface area contributed by atoms with E-state index in [4.69, 9.17) is 10.6 Å². The molecule has 0 heterocycles. The predicted octanol–water partition coefficient (Wildman–Crippen LogP) is 2.22. The van der Waals surface area contributed by atoms with Crippen molar-refractivity contribution in [2.24, 2.45) is 5.84 Å². The summed E-state index contributed by atoms with van der Waals surface area (Å²) in [7, 11) is 1.64. The number of halogens is 2. The number of nitrogens with one attached hydrogen (secondary N) is 1. The van der Waals surface area contributed by atoms with Crippen LogP contribution in [0.3, 0.4) is 0 Å². The molecule has 0 aliphatic carbocycles. The van der Waals surface area contributed by atoms with E-state index in [9.17, 15) is 8.78 Å². The number of benzene rings is 1. The molecule has 0 aliphatic rings. The second-order valence-electron chi connectivity index (χ2n) is 3.80. The zero-order valence-electron chi connectivity index (χ0n) is 10.2. The molecular weight excluding hydrogens is 242 g/mol. The first-order chi connectivity index (χ1) is 8.67. The lowest BCUT2D eigenvalue weighted by Crippen LogP contribution is -2.28. The Morgan fingerprint density at radius 3 is 2.44 bits per heavy atom. The van der Waals surface area contributed by atoms with E-state index < -0.39 is 6.61 Å². The largest absolute Gasteiger partial charge is 0.435 e. The third kappa shape index (κ3) is 4.95. The van der Waals surface area contributed by atoms with Gasteiger partial charge in [0.15, 0.2) is 0 Å². The molecule has 0 spiro atoms. The highest BCUT2D eigenvalue weighted by Crippen LogP contribution is 2.21. The van der Waals surface area contributed by atoms with Gasteiger partial charge < -0.3 is 9.47 Å². The lowest BCUT2D eigenvalue weighted by molar-refractivity contribution is -0.0498. The molecular formula is C12H18F2N2O2. The number of hydrazine groups is 1. The minimum absolute atomic E-state index is 0.0271. The van der Waals surface area contributed by atoms with E-state index in [1.54, 1.807) is 19.2 Å². The van der Waals surface area contributed by atoms with Gasteiger partial charge in [-0.1, -0.05) is 12.1 Å². The zero-order valence-corrected chi connectivity index (χ0v) is 10.2. The fourth-order valence-electron chi connectivity index (χ4n) is 1.66. The molecule has 4 nitrogen and oxygen atoms in total. The Labute approximate surface area is 105 Å². The molecule has 0 saturated heterocycles. The van der Waals surface area contributed by atoms with Crippen molar-refractivity contribution in [1.82, 2.24) is 5.43 Å². The summed E-state index contributed by atoms with van der Waals surface area (Å²) >= 11 is 0. The fraction of sp³-hybridized carbons (Fsp3) is 0.500. The molecule has 6 heteroatoms. The molecule has 0 amide bonds. The Hall–Kier alpha value is -1.24. The average molecular weight is 260 g/mol.